The van der Waals surface area contributed by atoms with E-state index in [1.54, 1.807) is 30.3 Å². The van der Waals surface area contributed by atoms with Crippen LogP contribution in [0.5, 0.6) is 11.5 Å². The fourth-order valence-corrected chi connectivity index (χ4v) is 2.78. The standard InChI is InChI=1S/C16H14BrNO3/c1-9-10(3-2-4-13(9)18)16(19)11-7-14-15(8-12(11)17)21-6-5-20-14/h2-4,7-8H,5-6,18H2,1H3. The van der Waals surface area contributed by atoms with Crippen LogP contribution in [0.4, 0.5) is 5.69 Å². The number of anilines is 1. The van der Waals surface area contributed by atoms with Gasteiger partial charge in [0.05, 0.1) is 0 Å². The van der Waals surface area contributed by atoms with E-state index >= 15 is 0 Å². The Bertz CT molecular complexity index is 728. The van der Waals surface area contributed by atoms with E-state index in [-0.39, 0.29) is 5.78 Å². The fraction of sp³-hybridized carbons (Fsp3) is 0.188. The van der Waals surface area contributed by atoms with E-state index in [2.05, 4.69) is 15.9 Å². The number of rotatable bonds is 2. The first kappa shape index (κ1) is 13.9. The molecule has 0 spiro atoms. The molecule has 0 bridgehead atoms. The zero-order valence-corrected chi connectivity index (χ0v) is 13.1. The van der Waals surface area contributed by atoms with Crippen LogP contribution in [0.25, 0.3) is 0 Å². The fourth-order valence-electron chi connectivity index (χ4n) is 2.28. The third-order valence-electron chi connectivity index (χ3n) is 3.50. The highest BCUT2D eigenvalue weighted by Gasteiger charge is 2.21. The SMILES string of the molecule is Cc1c(N)cccc1C(=O)c1cc2c(cc1Br)OCCO2. The molecule has 0 fully saturated rings. The van der Waals surface area contributed by atoms with Crippen LogP contribution in [0.15, 0.2) is 34.8 Å². The highest BCUT2D eigenvalue weighted by Crippen LogP contribution is 2.36. The third kappa shape index (κ3) is 2.49. The number of hydrogen-bond acceptors (Lipinski definition) is 4. The molecule has 0 radical (unpaired) electrons. The van der Waals surface area contributed by atoms with Gasteiger partial charge in [0.1, 0.15) is 13.2 Å². The van der Waals surface area contributed by atoms with Gasteiger partial charge in [-0.3, -0.25) is 4.79 Å². The number of carbonyl (C=O) groups excluding carboxylic acids is 1. The summed E-state index contributed by atoms with van der Waals surface area (Å²) in [5.41, 5.74) is 8.39. The summed E-state index contributed by atoms with van der Waals surface area (Å²) in [7, 11) is 0. The van der Waals surface area contributed by atoms with E-state index in [4.69, 9.17) is 15.2 Å². The number of nitrogen functional groups attached to an aromatic ring is 1. The maximum absolute atomic E-state index is 12.7. The second-order valence-corrected chi connectivity index (χ2v) is 5.68. The Morgan fingerprint density at radius 2 is 1.81 bits per heavy atom. The van der Waals surface area contributed by atoms with Crippen molar-refractivity contribution in [3.63, 3.8) is 0 Å². The highest BCUT2D eigenvalue weighted by atomic mass is 79.9. The lowest BCUT2D eigenvalue weighted by atomic mass is 9.97. The summed E-state index contributed by atoms with van der Waals surface area (Å²) in [6.45, 7) is 2.84. The number of ether oxygens (including phenoxy) is 2. The summed E-state index contributed by atoms with van der Waals surface area (Å²) >= 11 is 3.43. The Hall–Kier alpha value is -2.01. The van der Waals surface area contributed by atoms with Crippen LogP contribution < -0.4 is 15.2 Å². The summed E-state index contributed by atoms with van der Waals surface area (Å²) in [6, 6.07) is 8.82. The monoisotopic (exact) mass is 347 g/mol. The minimum Gasteiger partial charge on any atom is -0.486 e. The molecule has 21 heavy (non-hydrogen) atoms. The van der Waals surface area contributed by atoms with Crippen molar-refractivity contribution in [3.05, 3.63) is 51.5 Å². The van der Waals surface area contributed by atoms with E-state index in [1.807, 2.05) is 6.92 Å². The lowest BCUT2D eigenvalue weighted by molar-refractivity contribution is 0.103. The van der Waals surface area contributed by atoms with E-state index < -0.39 is 0 Å². The molecule has 0 saturated heterocycles. The lowest BCUT2D eigenvalue weighted by Gasteiger charge is -2.20. The van der Waals surface area contributed by atoms with Gasteiger partial charge in [-0.25, -0.2) is 0 Å². The van der Waals surface area contributed by atoms with Gasteiger partial charge < -0.3 is 15.2 Å². The van der Waals surface area contributed by atoms with Crippen LogP contribution in [-0.2, 0) is 0 Å². The number of ketones is 1. The van der Waals surface area contributed by atoms with E-state index in [1.165, 1.54) is 0 Å². The zero-order chi connectivity index (χ0) is 15.0. The molecule has 2 aromatic rings. The molecule has 0 aliphatic carbocycles. The van der Waals surface area contributed by atoms with Gasteiger partial charge in [0, 0.05) is 21.3 Å². The Kier molecular flexibility index (Phi) is 3.59. The molecule has 4 nitrogen and oxygen atoms in total. The van der Waals surface area contributed by atoms with Crippen molar-refractivity contribution in [1.82, 2.24) is 0 Å². The number of benzene rings is 2. The molecule has 3 rings (SSSR count). The predicted molar refractivity (Wildman–Crippen MR) is 84.2 cm³/mol. The van der Waals surface area contributed by atoms with Gasteiger partial charge >= 0.3 is 0 Å². The van der Waals surface area contributed by atoms with Crippen molar-refractivity contribution in [2.75, 3.05) is 18.9 Å². The first-order valence-electron chi connectivity index (χ1n) is 6.57. The van der Waals surface area contributed by atoms with Crippen LogP contribution in [-0.4, -0.2) is 19.0 Å². The Morgan fingerprint density at radius 1 is 1.14 bits per heavy atom. The maximum atomic E-state index is 12.7. The Labute approximate surface area is 131 Å². The Balaban J connectivity index is 2.07. The average Bonchev–Trinajstić information content (AvgIpc) is 2.48. The topological polar surface area (TPSA) is 61.6 Å². The molecule has 108 valence electrons. The van der Waals surface area contributed by atoms with Gasteiger partial charge in [-0.2, -0.15) is 0 Å². The molecule has 1 aliphatic rings. The van der Waals surface area contributed by atoms with Crippen molar-refractivity contribution in [2.24, 2.45) is 0 Å². The van der Waals surface area contributed by atoms with Crippen LogP contribution in [0.3, 0.4) is 0 Å². The van der Waals surface area contributed by atoms with E-state index in [9.17, 15) is 4.79 Å². The largest absolute Gasteiger partial charge is 0.486 e. The molecule has 2 N–H and O–H groups in total. The number of nitrogens with two attached hydrogens (primary N) is 1. The van der Waals surface area contributed by atoms with Crippen molar-refractivity contribution >= 4 is 27.4 Å². The minimum atomic E-state index is -0.0938. The normalized spacial score (nSPS) is 13.0. The van der Waals surface area contributed by atoms with Gasteiger partial charge in [0.15, 0.2) is 17.3 Å². The summed E-state index contributed by atoms with van der Waals surface area (Å²) in [6.07, 6.45) is 0. The molecule has 5 heteroatoms. The van der Waals surface area contributed by atoms with Crippen molar-refractivity contribution in [3.8, 4) is 11.5 Å². The Morgan fingerprint density at radius 3 is 2.52 bits per heavy atom. The predicted octanol–water partition coefficient (Wildman–Crippen LogP) is 3.34. The molecular formula is C16H14BrNO3. The van der Waals surface area contributed by atoms with Gasteiger partial charge in [0.25, 0.3) is 0 Å². The van der Waals surface area contributed by atoms with E-state index in [0.717, 1.165) is 5.56 Å². The van der Waals surface area contributed by atoms with Crippen LogP contribution in [0.1, 0.15) is 21.5 Å². The summed E-state index contributed by atoms with van der Waals surface area (Å²) in [4.78, 5) is 12.7. The second-order valence-electron chi connectivity index (χ2n) is 4.82. The second kappa shape index (κ2) is 5.41. The lowest BCUT2D eigenvalue weighted by Crippen LogP contribution is -2.16. The highest BCUT2D eigenvalue weighted by molar-refractivity contribution is 9.10. The molecule has 0 aromatic heterocycles. The van der Waals surface area contributed by atoms with Gasteiger partial charge in [-0.15, -0.1) is 0 Å². The first-order chi connectivity index (χ1) is 10.1. The van der Waals surface area contributed by atoms with Gasteiger partial charge in [-0.05, 0) is 46.6 Å². The number of fused-ring (bicyclic) bond motifs is 1. The van der Waals surface area contributed by atoms with Gasteiger partial charge in [0.2, 0.25) is 0 Å². The van der Waals surface area contributed by atoms with Crippen LogP contribution in [0.2, 0.25) is 0 Å². The van der Waals surface area contributed by atoms with Gasteiger partial charge in [-0.1, -0.05) is 12.1 Å². The third-order valence-corrected chi connectivity index (χ3v) is 4.15. The summed E-state index contributed by atoms with van der Waals surface area (Å²) in [5.74, 6) is 1.15. The number of hydrogen-bond donors (Lipinski definition) is 1. The van der Waals surface area contributed by atoms with Crippen molar-refractivity contribution in [1.29, 1.82) is 0 Å². The molecule has 1 aliphatic heterocycles. The maximum Gasteiger partial charge on any atom is 0.194 e. The summed E-state index contributed by atoms with van der Waals surface area (Å²) in [5, 5.41) is 0. The number of carbonyl (C=O) groups is 1. The smallest absolute Gasteiger partial charge is 0.194 e. The molecule has 0 atom stereocenters. The first-order valence-corrected chi connectivity index (χ1v) is 7.36. The quantitative estimate of drug-likeness (QED) is 0.668. The molecule has 0 unspecified atom stereocenters. The van der Waals surface area contributed by atoms with Crippen molar-refractivity contribution in [2.45, 2.75) is 6.92 Å². The number of halogens is 1. The summed E-state index contributed by atoms with van der Waals surface area (Å²) < 4.78 is 11.7. The molecule has 0 amide bonds. The molecular weight excluding hydrogens is 334 g/mol. The molecule has 2 aromatic carbocycles. The molecule has 1 heterocycles. The van der Waals surface area contributed by atoms with Crippen LogP contribution >= 0.6 is 15.9 Å². The van der Waals surface area contributed by atoms with Crippen molar-refractivity contribution < 1.29 is 14.3 Å². The zero-order valence-electron chi connectivity index (χ0n) is 11.5. The molecule has 0 saturated carbocycles. The average molecular weight is 348 g/mol. The van der Waals surface area contributed by atoms with E-state index in [0.29, 0.717) is 46.0 Å². The van der Waals surface area contributed by atoms with Crippen LogP contribution in [0, 0.1) is 6.92 Å². The minimum absolute atomic E-state index is 0.0938.